The highest BCUT2D eigenvalue weighted by Crippen LogP contribution is 2.63. The summed E-state index contributed by atoms with van der Waals surface area (Å²) in [7, 11) is -2.76. The monoisotopic (exact) mass is 1540 g/mol. The van der Waals surface area contributed by atoms with E-state index in [-0.39, 0.29) is 35.3 Å². The fraction of sp³-hybridized carbons (Fsp3) is 0.286. The van der Waals surface area contributed by atoms with E-state index in [4.69, 9.17) is 0 Å². The molecule has 8 unspecified atom stereocenters. The van der Waals surface area contributed by atoms with Crippen molar-refractivity contribution in [3.63, 3.8) is 0 Å². The average Bonchev–Trinajstić information content (AvgIpc) is 1.53. The van der Waals surface area contributed by atoms with Gasteiger partial charge in [0.2, 0.25) is 0 Å². The van der Waals surface area contributed by atoms with E-state index in [1.54, 1.807) is 27.7 Å². The highest BCUT2D eigenvalue weighted by molar-refractivity contribution is 7.11. The van der Waals surface area contributed by atoms with Crippen LogP contribution in [0.5, 0.6) is 0 Å². The summed E-state index contributed by atoms with van der Waals surface area (Å²) in [5, 5.41) is 4.91. The molecular formula is C112H106F2N2Si. The van der Waals surface area contributed by atoms with Crippen LogP contribution in [0.1, 0.15) is 200 Å². The highest BCUT2D eigenvalue weighted by atomic mass is 28.3. The minimum absolute atomic E-state index is 0.0104. The maximum Gasteiger partial charge on any atom is 0.148 e. The molecule has 25 rings (SSSR count). The van der Waals surface area contributed by atoms with Gasteiger partial charge in [-0.3, -0.25) is 0 Å². The van der Waals surface area contributed by atoms with Gasteiger partial charge < -0.3 is 9.80 Å². The van der Waals surface area contributed by atoms with Gasteiger partial charge in [-0.1, -0.05) is 224 Å². The second-order valence-electron chi connectivity index (χ2n) is 35.6. The molecule has 6 aliphatic heterocycles. The highest BCUT2D eigenvalue weighted by Gasteiger charge is 2.55. The number of rotatable bonds is 13. The molecule has 13 aliphatic carbocycles. The number of hydrogen-bond acceptors (Lipinski definition) is 2. The van der Waals surface area contributed by atoms with Gasteiger partial charge in [-0.15, -0.1) is 0 Å². The Morgan fingerprint density at radius 3 is 2.08 bits per heavy atom. The van der Waals surface area contributed by atoms with Gasteiger partial charge >= 0.3 is 0 Å². The fourth-order valence-electron chi connectivity index (χ4n) is 24.0. The molecule has 6 aromatic rings. The van der Waals surface area contributed by atoms with Crippen molar-refractivity contribution in [3.8, 4) is 22.3 Å². The lowest BCUT2D eigenvalue weighted by molar-refractivity contribution is 0.233. The van der Waals surface area contributed by atoms with Crippen molar-refractivity contribution in [2.45, 2.75) is 183 Å². The van der Waals surface area contributed by atoms with Gasteiger partial charge in [0.25, 0.3) is 0 Å². The molecule has 0 radical (unpaired) electrons. The number of benzene rings is 6. The smallest absolute Gasteiger partial charge is 0.148 e. The minimum Gasteiger partial charge on any atom is -0.314 e. The Kier molecular flexibility index (Phi) is 19.8. The van der Waals surface area contributed by atoms with Gasteiger partial charge in [-0.05, 0) is 385 Å². The van der Waals surface area contributed by atoms with Crippen LogP contribution in [0.2, 0.25) is 5.54 Å². The Labute approximate surface area is 693 Å². The normalized spacial score (nSPS) is 27.2. The second kappa shape index (κ2) is 31.3. The van der Waals surface area contributed by atoms with Gasteiger partial charge in [-0.2, -0.15) is 0 Å². The van der Waals surface area contributed by atoms with Crippen molar-refractivity contribution in [1.29, 1.82) is 0 Å². The maximum atomic E-state index is 15.6. The second-order valence-corrected chi connectivity index (χ2v) is 39.8. The Bertz CT molecular complexity index is 5850. The molecule has 2 nitrogen and oxygen atoms in total. The fourth-order valence-corrected chi connectivity index (χ4v) is 30.5. The molecule has 0 fully saturated rings. The summed E-state index contributed by atoms with van der Waals surface area (Å²) in [4.78, 5) is 5.35. The van der Waals surface area contributed by atoms with E-state index in [2.05, 4.69) is 284 Å². The molecule has 0 amide bonds. The first-order valence-electron chi connectivity index (χ1n) is 44.6. The quantitative estimate of drug-likeness (QED) is 0.0840. The predicted octanol–water partition coefficient (Wildman–Crippen LogP) is 29.3. The van der Waals surface area contributed by atoms with E-state index >= 15 is 8.78 Å². The number of anilines is 4. The van der Waals surface area contributed by atoms with Crippen molar-refractivity contribution < 1.29 is 8.78 Å². The first-order chi connectivity index (χ1) is 57.7. The maximum absolute atomic E-state index is 15.6. The summed E-state index contributed by atoms with van der Waals surface area (Å²) < 4.78 is 31.1. The summed E-state index contributed by atoms with van der Waals surface area (Å²) in [5.74, 6) is 0.609. The van der Waals surface area contributed by atoms with Gasteiger partial charge in [0.1, 0.15) is 19.7 Å². The van der Waals surface area contributed by atoms with Crippen molar-refractivity contribution in [3.05, 3.63) is 410 Å². The standard InChI is InChI=1S/C112H106F2N2Si/c1-2-75-39-49-85(50-40-75)112(86-51-55-88(114)56-52-86)108-36-18-17-33-102(108)103-66-62-94(74-109(103)112)116(89-57-45-78(46-58-89)84-26-19-25-83(70-84)77-21-7-3-8-22-77)93-64-68-111-107(73-93)106-72-92(63-67-110(106)117(111,95-27-11-5-12-28-95)96-29-13-6-14-30-96)115-90-59-47-81(48-60-90)99-35-20-34-98(79-23-9-4-10-24-79)105(99)69-76-37-41-80(42-38-76)97-31-15-16-32-100(97)101-65-61-91(115)71-104(101)82-43-53-87(113)54-44-82/h2,4-5,7,9-11,16-18,20-25,29,32-36,39,41,43,45,47,51,53-57,59,61-74,76,82,85-86,95,98H,1,3,6,8,12-15,19,26-28,30-31,37-38,40,42,44,46,48-50,52,58,60H2/b105-69-. The Hall–Kier alpha value is -10.7. The average molecular weight is 1550 g/mol. The van der Waals surface area contributed by atoms with Crippen LogP contribution in [0.15, 0.2) is 382 Å². The molecule has 19 aliphatic rings. The largest absolute Gasteiger partial charge is 0.314 e. The molecule has 6 aromatic carbocycles. The van der Waals surface area contributed by atoms with E-state index < -0.39 is 13.5 Å². The zero-order chi connectivity index (χ0) is 78.1. The first kappa shape index (κ1) is 73.9. The molecular weight excluding hydrogens is 1440 g/mol. The Morgan fingerprint density at radius 1 is 0.496 bits per heavy atom. The Morgan fingerprint density at radius 2 is 1.30 bits per heavy atom. The third-order valence-electron chi connectivity index (χ3n) is 29.6. The van der Waals surface area contributed by atoms with Crippen molar-refractivity contribution in [2.75, 3.05) is 9.80 Å². The molecule has 5 heteroatoms. The zero-order valence-electron chi connectivity index (χ0n) is 67.7. The van der Waals surface area contributed by atoms with Crippen LogP contribution in [0, 0.1) is 17.8 Å². The summed E-state index contributed by atoms with van der Waals surface area (Å²) in [6.45, 7) is 4.28. The van der Waals surface area contributed by atoms with Crippen LogP contribution in [0.4, 0.5) is 31.5 Å². The van der Waals surface area contributed by atoms with Crippen LogP contribution in [-0.4, -0.2) is 8.07 Å². The van der Waals surface area contributed by atoms with Crippen LogP contribution < -0.4 is 20.2 Å². The first-order valence-corrected chi connectivity index (χ1v) is 46.7. The number of fused-ring (bicyclic) bond motifs is 7. The van der Waals surface area contributed by atoms with Crippen LogP contribution in [0.3, 0.4) is 0 Å². The van der Waals surface area contributed by atoms with Gasteiger partial charge in [-0.25, -0.2) is 8.78 Å². The molecule has 0 spiro atoms. The lowest BCUT2D eigenvalue weighted by Crippen LogP contribution is -2.61. The zero-order valence-corrected chi connectivity index (χ0v) is 68.7. The topological polar surface area (TPSA) is 6.48 Å². The molecule has 0 saturated heterocycles. The van der Waals surface area contributed by atoms with E-state index in [0.29, 0.717) is 24.3 Å². The summed E-state index contributed by atoms with van der Waals surface area (Å²) >= 11 is 0. The predicted molar refractivity (Wildman–Crippen MR) is 489 cm³/mol. The lowest BCUT2D eigenvalue weighted by Gasteiger charge is -2.46. The summed E-state index contributed by atoms with van der Waals surface area (Å²) in [6.07, 6.45) is 88.5. The minimum atomic E-state index is -2.76. The SMILES string of the molecule is C=CC1=CCC(C2(C3C=CC(F)=CC3)c3ccccc3-c3ccc(N(C4=CC=C(C5=CC(C6=CCCC=C6)=CCC5)CC4)c4ccc5c(c4)-c4cc(N6C7=CC=C(CC7)C7=CC=CC(c8ccccc8)/C7=C/C7CC=C(CC7)C7=C(C=CCC7)c7ccc6cc7C6C=CC(F)=CC6)ccc4[Si]5(C4=CCCCC4)C4CC=CCC4)cc32)CC1. The third-order valence-corrected chi connectivity index (χ3v) is 35.3. The molecule has 117 heavy (non-hydrogen) atoms. The number of nitrogens with zero attached hydrogens (tertiary/aromatic N) is 2. The molecule has 582 valence electrons. The van der Waals surface area contributed by atoms with Crippen molar-refractivity contribution in [1.82, 2.24) is 0 Å². The number of hydrogen-bond donors (Lipinski definition) is 0. The molecule has 0 saturated carbocycles. The van der Waals surface area contributed by atoms with E-state index in [0.717, 1.165) is 134 Å². The van der Waals surface area contributed by atoms with Crippen LogP contribution in [0.25, 0.3) is 27.8 Å². The summed E-state index contributed by atoms with van der Waals surface area (Å²) in [6, 6.07) is 51.3. The van der Waals surface area contributed by atoms with E-state index in [1.165, 1.54) is 159 Å². The van der Waals surface area contributed by atoms with Crippen molar-refractivity contribution >= 4 is 46.8 Å². The molecule has 0 N–H and O–H groups in total. The van der Waals surface area contributed by atoms with Crippen LogP contribution >= 0.6 is 0 Å². The molecule has 0 aromatic heterocycles. The van der Waals surface area contributed by atoms with Crippen molar-refractivity contribution in [2.24, 2.45) is 17.8 Å². The third kappa shape index (κ3) is 13.1. The van der Waals surface area contributed by atoms with Gasteiger partial charge in [0, 0.05) is 51.4 Å². The molecule has 6 bridgehead atoms. The lowest BCUT2D eigenvalue weighted by atomic mass is 9.56. The van der Waals surface area contributed by atoms with E-state index in [9.17, 15) is 0 Å². The van der Waals surface area contributed by atoms with Crippen LogP contribution in [-0.2, 0) is 5.41 Å². The van der Waals surface area contributed by atoms with E-state index in [1.807, 2.05) is 12.2 Å². The molecule has 6 heterocycles. The number of allylic oxidation sites excluding steroid dienone is 43. The summed E-state index contributed by atoms with van der Waals surface area (Å²) in [5.41, 5.74) is 34.8. The van der Waals surface area contributed by atoms with Gasteiger partial charge in [0.15, 0.2) is 0 Å². The number of halogens is 2. The molecule has 8 atom stereocenters. The Balaban J connectivity index is 0.776. The van der Waals surface area contributed by atoms with Gasteiger partial charge in [0.05, 0.1) is 0 Å².